The Morgan fingerprint density at radius 1 is 1.31 bits per heavy atom. The number of hydrogen-bond donors (Lipinski definition) is 1. The number of carbonyl (C=O) groups excluding carboxylic acids is 1. The first-order valence-corrected chi connectivity index (χ1v) is 9.14. The Morgan fingerprint density at radius 3 is 2.66 bits per heavy atom. The number of halogens is 3. The molecule has 156 valence electrons. The molecule has 3 rings (SSSR count). The number of aromatic nitrogens is 2. The van der Waals surface area contributed by atoms with Gasteiger partial charge >= 0.3 is 6.18 Å². The molecule has 1 fully saturated rings. The summed E-state index contributed by atoms with van der Waals surface area (Å²) in [5.74, 6) is 0.547. The van der Waals surface area contributed by atoms with Crippen molar-refractivity contribution in [2.75, 3.05) is 13.7 Å². The summed E-state index contributed by atoms with van der Waals surface area (Å²) in [4.78, 5) is 20.4. The minimum atomic E-state index is -4.44. The fourth-order valence-electron chi connectivity index (χ4n) is 3.16. The molecule has 0 radical (unpaired) electrons. The van der Waals surface area contributed by atoms with Crippen LogP contribution in [-0.2, 0) is 4.79 Å². The average Bonchev–Trinajstić information content (AvgIpc) is 3.47. The minimum Gasteiger partial charge on any atom is -0.496 e. The Labute approximate surface area is 166 Å². The number of rotatable bonds is 7. The van der Waals surface area contributed by atoms with Gasteiger partial charge in [0, 0.05) is 5.92 Å². The smallest absolute Gasteiger partial charge is 0.422 e. The predicted octanol–water partition coefficient (Wildman–Crippen LogP) is 3.72. The average molecular weight is 409 g/mol. The molecule has 0 aliphatic heterocycles. The predicted molar refractivity (Wildman–Crippen MR) is 98.7 cm³/mol. The summed E-state index contributed by atoms with van der Waals surface area (Å²) in [7, 11) is 1.62. The summed E-state index contributed by atoms with van der Waals surface area (Å²) in [6, 6.07) is 5.48. The zero-order valence-electron chi connectivity index (χ0n) is 16.3. The van der Waals surface area contributed by atoms with Crippen LogP contribution in [0.5, 0.6) is 11.6 Å². The summed E-state index contributed by atoms with van der Waals surface area (Å²) in [5, 5.41) is 2.88. The minimum absolute atomic E-state index is 0.0878. The van der Waals surface area contributed by atoms with Gasteiger partial charge in [0.15, 0.2) is 6.61 Å². The first kappa shape index (κ1) is 20.9. The van der Waals surface area contributed by atoms with E-state index < -0.39 is 18.8 Å². The van der Waals surface area contributed by atoms with Gasteiger partial charge in [-0.25, -0.2) is 4.98 Å². The number of aryl methyl sites for hydroxylation is 1. The largest absolute Gasteiger partial charge is 0.496 e. The van der Waals surface area contributed by atoms with Gasteiger partial charge in [-0.2, -0.15) is 13.2 Å². The van der Waals surface area contributed by atoms with E-state index in [4.69, 9.17) is 4.74 Å². The van der Waals surface area contributed by atoms with Crippen molar-refractivity contribution in [3.05, 3.63) is 47.4 Å². The van der Waals surface area contributed by atoms with Crippen LogP contribution in [0.1, 0.15) is 42.1 Å². The Bertz CT molecular complexity index is 872. The van der Waals surface area contributed by atoms with Crippen LogP contribution in [0, 0.1) is 12.8 Å². The van der Waals surface area contributed by atoms with Crippen molar-refractivity contribution < 1.29 is 27.4 Å². The number of carbonyl (C=O) groups is 1. The fourth-order valence-corrected chi connectivity index (χ4v) is 3.16. The van der Waals surface area contributed by atoms with Crippen molar-refractivity contribution in [3.63, 3.8) is 0 Å². The number of ether oxygens (including phenoxy) is 2. The number of nitrogens with zero attached hydrogens (tertiary/aromatic N) is 2. The van der Waals surface area contributed by atoms with Crippen molar-refractivity contribution in [1.29, 1.82) is 0 Å². The van der Waals surface area contributed by atoms with E-state index in [9.17, 15) is 18.0 Å². The van der Waals surface area contributed by atoms with Crippen LogP contribution < -0.4 is 14.8 Å². The van der Waals surface area contributed by atoms with E-state index >= 15 is 0 Å². The molecular weight excluding hydrogens is 387 g/mol. The first-order valence-electron chi connectivity index (χ1n) is 9.14. The van der Waals surface area contributed by atoms with Gasteiger partial charge in [-0.3, -0.25) is 9.78 Å². The van der Waals surface area contributed by atoms with Crippen LogP contribution in [0.15, 0.2) is 30.6 Å². The number of methoxy groups -OCH3 is 1. The van der Waals surface area contributed by atoms with Gasteiger partial charge in [-0.1, -0.05) is 12.1 Å². The molecular formula is C20H22F3N3O3. The van der Waals surface area contributed by atoms with Crippen LogP contribution in [0.25, 0.3) is 0 Å². The maximum atomic E-state index is 12.5. The van der Waals surface area contributed by atoms with Gasteiger partial charge in [0.1, 0.15) is 5.75 Å². The summed E-state index contributed by atoms with van der Waals surface area (Å²) in [6.07, 6.45) is -1.26. The van der Waals surface area contributed by atoms with E-state index in [1.807, 2.05) is 25.1 Å². The van der Waals surface area contributed by atoms with E-state index in [2.05, 4.69) is 20.0 Å². The van der Waals surface area contributed by atoms with Gasteiger partial charge in [0.05, 0.1) is 31.2 Å². The third kappa shape index (κ3) is 5.36. The van der Waals surface area contributed by atoms with E-state index in [1.165, 1.54) is 6.20 Å². The number of amides is 1. The number of nitrogens with one attached hydrogen (secondary N) is 1. The third-order valence-corrected chi connectivity index (χ3v) is 4.81. The maximum absolute atomic E-state index is 12.5. The summed E-state index contributed by atoms with van der Waals surface area (Å²) in [6.45, 7) is 2.27. The van der Waals surface area contributed by atoms with Crippen molar-refractivity contribution in [3.8, 4) is 11.6 Å². The second-order valence-corrected chi connectivity index (χ2v) is 7.09. The first-order chi connectivity index (χ1) is 13.7. The van der Waals surface area contributed by atoms with Crippen molar-refractivity contribution in [2.45, 2.75) is 38.4 Å². The molecule has 0 saturated heterocycles. The quantitative estimate of drug-likeness (QED) is 0.755. The molecule has 9 heteroatoms. The van der Waals surface area contributed by atoms with Crippen molar-refractivity contribution >= 4 is 5.91 Å². The standard InChI is InChI=1S/C20H22F3N3O3/c1-11-6-13(4-5-17(11)28-3)14-7-15(14)19(27)26-12(2)16-8-25-18(9-24-16)29-10-20(21,22)23/h4-6,8-9,12,14-15H,7,10H2,1-3H3,(H,26,27)/t12-,14-,15+/m1/s1. The Hall–Kier alpha value is -2.84. The van der Waals surface area contributed by atoms with Gasteiger partial charge in [-0.05, 0) is 43.4 Å². The Morgan fingerprint density at radius 2 is 2.07 bits per heavy atom. The monoisotopic (exact) mass is 409 g/mol. The molecule has 1 N–H and O–H groups in total. The molecule has 1 aromatic heterocycles. The molecule has 0 bridgehead atoms. The molecule has 0 unspecified atom stereocenters. The van der Waals surface area contributed by atoms with Crippen molar-refractivity contribution in [1.82, 2.24) is 15.3 Å². The topological polar surface area (TPSA) is 73.3 Å². The second-order valence-electron chi connectivity index (χ2n) is 7.09. The maximum Gasteiger partial charge on any atom is 0.422 e. The Balaban J connectivity index is 1.54. The fraction of sp³-hybridized carbons (Fsp3) is 0.450. The molecule has 6 nitrogen and oxygen atoms in total. The molecule has 1 aromatic carbocycles. The molecule has 3 atom stereocenters. The van der Waals surface area contributed by atoms with Crippen LogP contribution in [0.2, 0.25) is 0 Å². The van der Waals surface area contributed by atoms with Crippen molar-refractivity contribution in [2.24, 2.45) is 5.92 Å². The van der Waals surface area contributed by atoms with Gasteiger partial charge < -0.3 is 14.8 Å². The zero-order chi connectivity index (χ0) is 21.2. The lowest BCUT2D eigenvalue weighted by molar-refractivity contribution is -0.154. The lowest BCUT2D eigenvalue weighted by Crippen LogP contribution is -2.29. The highest BCUT2D eigenvalue weighted by atomic mass is 19.4. The highest BCUT2D eigenvalue weighted by Gasteiger charge is 2.44. The van der Waals surface area contributed by atoms with Crippen LogP contribution in [0.4, 0.5) is 13.2 Å². The molecule has 1 saturated carbocycles. The molecule has 1 aliphatic rings. The van der Waals surface area contributed by atoms with E-state index in [0.717, 1.165) is 29.5 Å². The highest BCUT2D eigenvalue weighted by molar-refractivity contribution is 5.83. The normalized spacial score (nSPS) is 19.4. The van der Waals surface area contributed by atoms with E-state index in [1.54, 1.807) is 14.0 Å². The lowest BCUT2D eigenvalue weighted by atomic mass is 10.1. The van der Waals surface area contributed by atoms with Gasteiger partial charge in [-0.15, -0.1) is 0 Å². The Kier molecular flexibility index (Phi) is 5.95. The van der Waals surface area contributed by atoms with Crippen LogP contribution in [-0.4, -0.2) is 35.8 Å². The highest BCUT2D eigenvalue weighted by Crippen LogP contribution is 2.48. The number of hydrogen-bond acceptors (Lipinski definition) is 5. The van der Waals surface area contributed by atoms with E-state index in [-0.39, 0.29) is 23.6 Å². The summed E-state index contributed by atoms with van der Waals surface area (Å²) >= 11 is 0. The van der Waals surface area contributed by atoms with Gasteiger partial charge in [0.25, 0.3) is 0 Å². The second kappa shape index (κ2) is 8.26. The summed E-state index contributed by atoms with van der Waals surface area (Å²) < 4.78 is 46.3. The molecule has 1 aliphatic carbocycles. The van der Waals surface area contributed by atoms with E-state index in [0.29, 0.717) is 5.69 Å². The van der Waals surface area contributed by atoms with Crippen LogP contribution in [0.3, 0.4) is 0 Å². The SMILES string of the molecule is COc1ccc([C@H]2C[C@@H]2C(=O)N[C@H](C)c2cnc(OCC(F)(F)F)cn2)cc1C. The number of alkyl halides is 3. The lowest BCUT2D eigenvalue weighted by Gasteiger charge is -2.14. The number of benzene rings is 1. The zero-order valence-corrected chi connectivity index (χ0v) is 16.3. The summed E-state index contributed by atoms with van der Waals surface area (Å²) in [5.41, 5.74) is 2.56. The molecule has 1 amide bonds. The molecule has 1 heterocycles. The molecule has 2 aromatic rings. The third-order valence-electron chi connectivity index (χ3n) is 4.81. The molecule has 29 heavy (non-hydrogen) atoms. The van der Waals surface area contributed by atoms with Crippen LogP contribution >= 0.6 is 0 Å². The van der Waals surface area contributed by atoms with Gasteiger partial charge in [0.2, 0.25) is 11.8 Å². The molecule has 0 spiro atoms.